The zero-order valence-electron chi connectivity index (χ0n) is 51.6. The SMILES string of the molecule is CC.CC.CC.CCC.O=C(NC(C(=O)N1CCC(OC2CCN(CC(=O)N3CCN(C(=O)c4cc(Cc5n[nH]c(=O)c6ccccc56)ccc4F)CC3)CC2)CC1)C1CCCCC1)c1cccc(C2CCCN(C(=O)CNC3CC3)C2)c1F. The molecule has 2 atom stereocenters. The van der Waals surface area contributed by atoms with Gasteiger partial charge in [0.05, 0.1) is 47.5 Å². The van der Waals surface area contributed by atoms with Crippen LogP contribution in [0.15, 0.2) is 65.5 Å². The lowest BCUT2D eigenvalue weighted by Crippen LogP contribution is -2.55. The minimum absolute atomic E-state index is 0.00842. The van der Waals surface area contributed by atoms with Crippen molar-refractivity contribution in [3.05, 3.63) is 111 Å². The Morgan fingerprint density at radius 2 is 1.29 bits per heavy atom. The maximum Gasteiger partial charge on any atom is 0.272 e. The second-order valence-corrected chi connectivity index (χ2v) is 22.4. The van der Waals surface area contributed by atoms with Crippen molar-refractivity contribution in [2.45, 2.75) is 182 Å². The smallest absolute Gasteiger partial charge is 0.272 e. The Balaban J connectivity index is 0.00000119. The molecule has 462 valence electrons. The number of nitrogens with one attached hydrogen (secondary N) is 3. The van der Waals surface area contributed by atoms with Crippen molar-refractivity contribution in [2.24, 2.45) is 5.92 Å². The molecule has 4 aromatic rings. The third-order valence-electron chi connectivity index (χ3n) is 16.6. The van der Waals surface area contributed by atoms with Crippen molar-refractivity contribution in [1.29, 1.82) is 0 Å². The first-order valence-electron chi connectivity index (χ1n) is 32.0. The van der Waals surface area contributed by atoms with E-state index in [1.54, 1.807) is 46.2 Å². The molecule has 10 rings (SSSR count). The molecule has 6 aliphatic rings. The lowest BCUT2D eigenvalue weighted by molar-refractivity contribution is -0.140. The number of aromatic amines is 1. The lowest BCUT2D eigenvalue weighted by Gasteiger charge is -2.40. The largest absolute Gasteiger partial charge is 0.375 e. The number of piperazine rings is 1. The van der Waals surface area contributed by atoms with E-state index in [1.807, 2.05) is 63.5 Å². The summed E-state index contributed by atoms with van der Waals surface area (Å²) in [5.74, 6) is -2.58. The summed E-state index contributed by atoms with van der Waals surface area (Å²) in [6, 6.07) is 16.2. The number of rotatable bonds is 15. The van der Waals surface area contributed by atoms with E-state index in [4.69, 9.17) is 4.74 Å². The number of aromatic nitrogens is 2. The Kier molecular flexibility index (Phi) is 27.2. The maximum absolute atomic E-state index is 16.4. The van der Waals surface area contributed by atoms with E-state index in [1.165, 1.54) is 18.6 Å². The monoisotopic (exact) mass is 1170 g/mol. The highest BCUT2D eigenvalue weighted by Crippen LogP contribution is 2.33. The number of H-pyrrole nitrogens is 1. The normalized spacial score (nSPS) is 19.2. The van der Waals surface area contributed by atoms with Crippen LogP contribution in [-0.2, 0) is 25.5 Å². The summed E-state index contributed by atoms with van der Waals surface area (Å²) in [4.78, 5) is 89.9. The predicted molar refractivity (Wildman–Crippen MR) is 328 cm³/mol. The van der Waals surface area contributed by atoms with Crippen LogP contribution < -0.4 is 16.2 Å². The second-order valence-electron chi connectivity index (χ2n) is 22.4. The molecule has 6 fully saturated rings. The number of fused-ring (bicyclic) bond motifs is 1. The molecule has 2 saturated carbocycles. The van der Waals surface area contributed by atoms with Gasteiger partial charge in [-0.05, 0) is 106 Å². The molecule has 2 aliphatic carbocycles. The standard InChI is InChI=1S/C57H71F2N9O7.C3H8.3C2H6/c58-48-18-15-37(33-49-44-11-4-5-12-45(44)55(72)63-62-49)32-47(48)56(73)67-30-28-65(29-31-67)51(70)36-64-24-19-41(20-25-64)75-42-21-26-66(27-22-42)57(74)53(38-8-2-1-3-9-38)61-54(71)46-14-6-13-43(52(46)59)39-10-7-23-68(35-39)50(69)34-60-40-16-17-40;1-3-2;3*1-2/h4-6,11-15,18,32,38-42,53,60H,1-3,7-10,16-17,19-31,33-36H2,(H,61,71)(H,63,72);3H2,1-2H3;3*1-2H3. The zero-order chi connectivity index (χ0) is 60.7. The number of hydrogen-bond donors (Lipinski definition) is 3. The number of ether oxygens (including phenoxy) is 1. The second kappa shape index (κ2) is 34.1. The molecule has 4 aliphatic heterocycles. The Morgan fingerprint density at radius 1 is 0.655 bits per heavy atom. The summed E-state index contributed by atoms with van der Waals surface area (Å²) in [7, 11) is 0. The van der Waals surface area contributed by atoms with Gasteiger partial charge in [0.2, 0.25) is 17.7 Å². The van der Waals surface area contributed by atoms with Gasteiger partial charge < -0.3 is 35.0 Å². The van der Waals surface area contributed by atoms with E-state index >= 15 is 8.78 Å². The number of halogens is 2. The third-order valence-corrected chi connectivity index (χ3v) is 16.6. The van der Waals surface area contributed by atoms with Gasteiger partial charge in [0, 0.05) is 89.2 Å². The van der Waals surface area contributed by atoms with Crippen molar-refractivity contribution in [1.82, 2.24) is 45.3 Å². The van der Waals surface area contributed by atoms with E-state index in [-0.39, 0.29) is 84.6 Å². The molecule has 84 heavy (non-hydrogen) atoms. The number of carbonyl (C=O) groups excluding carboxylic acids is 5. The summed E-state index contributed by atoms with van der Waals surface area (Å²) in [6.07, 6.45) is 12.8. The molecular weight excluding hydrogens is 1070 g/mol. The molecule has 1 aromatic heterocycles. The molecule has 0 spiro atoms. The van der Waals surface area contributed by atoms with E-state index in [2.05, 4.69) is 39.6 Å². The fourth-order valence-corrected chi connectivity index (χ4v) is 12.0. The first-order chi connectivity index (χ1) is 40.9. The van der Waals surface area contributed by atoms with Crippen LogP contribution in [0.5, 0.6) is 0 Å². The summed E-state index contributed by atoms with van der Waals surface area (Å²) in [6.45, 7) is 21.5. The first kappa shape index (κ1) is 67.0. The Bertz CT molecular complexity index is 2800. The maximum atomic E-state index is 16.4. The molecule has 3 aromatic carbocycles. The highest BCUT2D eigenvalue weighted by atomic mass is 19.1. The van der Waals surface area contributed by atoms with Crippen molar-refractivity contribution in [2.75, 3.05) is 78.5 Å². The molecule has 16 nitrogen and oxygen atoms in total. The minimum atomic E-state index is -0.757. The van der Waals surface area contributed by atoms with Crippen LogP contribution in [0.1, 0.15) is 189 Å². The topological polar surface area (TPSA) is 181 Å². The summed E-state index contributed by atoms with van der Waals surface area (Å²) in [5.41, 5.74) is 1.33. The molecular formula is C66H97F2N9O7. The molecule has 5 heterocycles. The average Bonchev–Trinajstić information content (AvgIpc) is 4.55. The van der Waals surface area contributed by atoms with Gasteiger partial charge in [-0.15, -0.1) is 0 Å². The number of hydrogen-bond acceptors (Lipinski definition) is 10. The zero-order valence-corrected chi connectivity index (χ0v) is 51.6. The Hall–Kier alpha value is -6.11. The predicted octanol–water partition coefficient (Wildman–Crippen LogP) is 9.88. The Labute approximate surface area is 498 Å². The molecule has 3 N–H and O–H groups in total. The van der Waals surface area contributed by atoms with Crippen molar-refractivity contribution < 1.29 is 37.5 Å². The fourth-order valence-electron chi connectivity index (χ4n) is 12.0. The van der Waals surface area contributed by atoms with Crippen molar-refractivity contribution >= 4 is 40.3 Å². The van der Waals surface area contributed by atoms with E-state index < -0.39 is 29.5 Å². The highest BCUT2D eigenvalue weighted by molar-refractivity contribution is 5.98. The van der Waals surface area contributed by atoms with Crippen LogP contribution in [0.4, 0.5) is 8.78 Å². The number of likely N-dealkylation sites (tertiary alicyclic amines) is 3. The van der Waals surface area contributed by atoms with Crippen LogP contribution in [0.25, 0.3) is 10.8 Å². The van der Waals surface area contributed by atoms with Gasteiger partial charge in [0.25, 0.3) is 17.4 Å². The van der Waals surface area contributed by atoms with E-state index in [0.717, 1.165) is 70.6 Å². The first-order valence-corrected chi connectivity index (χ1v) is 32.0. The lowest BCUT2D eigenvalue weighted by atomic mass is 9.83. The number of carbonyl (C=O) groups is 5. The van der Waals surface area contributed by atoms with Crippen molar-refractivity contribution in [3.63, 3.8) is 0 Å². The van der Waals surface area contributed by atoms with Crippen LogP contribution in [-0.4, -0.2) is 167 Å². The van der Waals surface area contributed by atoms with Gasteiger partial charge in [-0.1, -0.05) is 117 Å². The summed E-state index contributed by atoms with van der Waals surface area (Å²) in [5, 5.41) is 14.3. The van der Waals surface area contributed by atoms with Crippen LogP contribution in [0.3, 0.4) is 0 Å². The van der Waals surface area contributed by atoms with Gasteiger partial charge in [-0.25, -0.2) is 13.9 Å². The molecule has 5 amide bonds. The van der Waals surface area contributed by atoms with Gasteiger partial charge in [-0.3, -0.25) is 33.7 Å². The molecule has 2 unspecified atom stereocenters. The van der Waals surface area contributed by atoms with Gasteiger partial charge in [-0.2, -0.15) is 5.10 Å². The number of nitrogens with zero attached hydrogens (tertiary/aromatic N) is 6. The molecule has 18 heteroatoms. The van der Waals surface area contributed by atoms with Gasteiger partial charge in [0.15, 0.2) is 0 Å². The van der Waals surface area contributed by atoms with E-state index in [9.17, 15) is 28.8 Å². The summed E-state index contributed by atoms with van der Waals surface area (Å²) >= 11 is 0. The highest BCUT2D eigenvalue weighted by Gasteiger charge is 2.38. The van der Waals surface area contributed by atoms with E-state index in [0.29, 0.717) is 105 Å². The van der Waals surface area contributed by atoms with Gasteiger partial charge in [0.1, 0.15) is 17.7 Å². The molecule has 0 radical (unpaired) electrons. The van der Waals surface area contributed by atoms with Crippen LogP contribution in [0, 0.1) is 17.6 Å². The van der Waals surface area contributed by atoms with Gasteiger partial charge >= 0.3 is 0 Å². The number of piperidine rings is 3. The molecule has 0 bridgehead atoms. The number of benzene rings is 3. The fraction of sp³-hybridized carbons (Fsp3) is 0.621. The minimum Gasteiger partial charge on any atom is -0.375 e. The van der Waals surface area contributed by atoms with Crippen LogP contribution >= 0.6 is 0 Å². The number of amides is 5. The summed E-state index contributed by atoms with van der Waals surface area (Å²) < 4.78 is 38.1. The quantitative estimate of drug-likeness (QED) is 0.104. The van der Waals surface area contributed by atoms with Crippen molar-refractivity contribution in [3.8, 4) is 0 Å². The third kappa shape index (κ3) is 18.2. The Morgan fingerprint density at radius 3 is 1.94 bits per heavy atom. The average molecular weight is 1170 g/mol. The molecule has 4 saturated heterocycles. The van der Waals surface area contributed by atoms with Crippen LogP contribution in [0.2, 0.25) is 0 Å².